The number of nitrogens with one attached hydrogen (secondary N) is 1. The molecule has 1 aliphatic heterocycles. The Morgan fingerprint density at radius 1 is 1.16 bits per heavy atom. The molecular weight excluding hydrogens is 336 g/mol. The van der Waals surface area contributed by atoms with Crippen LogP contribution < -0.4 is 15.0 Å². The largest absolute Gasteiger partial charge is 0.496 e. The summed E-state index contributed by atoms with van der Waals surface area (Å²) in [6.45, 7) is 3.30. The summed E-state index contributed by atoms with van der Waals surface area (Å²) in [7, 11) is 1.58. The predicted molar refractivity (Wildman–Crippen MR) is 102 cm³/mol. The summed E-state index contributed by atoms with van der Waals surface area (Å²) in [5.74, 6) is 0.401. The van der Waals surface area contributed by atoms with E-state index in [0.717, 1.165) is 42.6 Å². The van der Waals surface area contributed by atoms with E-state index in [2.05, 4.69) is 10.2 Å². The predicted octanol–water partition coefficient (Wildman–Crippen LogP) is 3.51. The van der Waals surface area contributed by atoms with Crippen molar-refractivity contribution in [2.45, 2.75) is 4.90 Å². The van der Waals surface area contributed by atoms with Crippen molar-refractivity contribution >= 4 is 29.0 Å². The summed E-state index contributed by atoms with van der Waals surface area (Å²) in [6.07, 6.45) is 1.99. The summed E-state index contributed by atoms with van der Waals surface area (Å²) >= 11 is 1.61. The second-order valence-corrected chi connectivity index (χ2v) is 6.55. The minimum Gasteiger partial charge on any atom is -0.496 e. The number of hydrogen-bond donors (Lipinski definition) is 1. The van der Waals surface area contributed by atoms with Crippen LogP contribution in [0.2, 0.25) is 0 Å². The van der Waals surface area contributed by atoms with Gasteiger partial charge in [-0.1, -0.05) is 0 Å². The number of carbonyl (C=O) groups is 1. The van der Waals surface area contributed by atoms with E-state index >= 15 is 0 Å². The average molecular weight is 358 g/mol. The molecule has 132 valence electrons. The molecule has 0 radical (unpaired) electrons. The monoisotopic (exact) mass is 358 g/mol. The molecule has 0 saturated carbocycles. The molecule has 0 unspecified atom stereocenters. The topological polar surface area (TPSA) is 50.8 Å². The fraction of sp³-hybridized carbons (Fsp3) is 0.316. The first-order valence-electron chi connectivity index (χ1n) is 8.17. The number of thioether (sulfide) groups is 1. The Kier molecular flexibility index (Phi) is 5.83. The van der Waals surface area contributed by atoms with Crippen LogP contribution in [0.15, 0.2) is 47.4 Å². The van der Waals surface area contributed by atoms with Crippen molar-refractivity contribution in [1.82, 2.24) is 0 Å². The molecule has 5 nitrogen and oxygen atoms in total. The number of anilines is 2. The first-order valence-corrected chi connectivity index (χ1v) is 9.40. The van der Waals surface area contributed by atoms with E-state index in [9.17, 15) is 4.79 Å². The molecule has 1 heterocycles. The zero-order valence-electron chi connectivity index (χ0n) is 14.5. The van der Waals surface area contributed by atoms with E-state index < -0.39 is 0 Å². The van der Waals surface area contributed by atoms with Crippen molar-refractivity contribution in [3.8, 4) is 5.75 Å². The summed E-state index contributed by atoms with van der Waals surface area (Å²) in [4.78, 5) is 15.9. The second-order valence-electron chi connectivity index (χ2n) is 5.67. The molecule has 1 saturated heterocycles. The molecule has 0 aliphatic carbocycles. The highest BCUT2D eigenvalue weighted by atomic mass is 32.2. The van der Waals surface area contributed by atoms with Crippen molar-refractivity contribution in [3.05, 3.63) is 48.0 Å². The number of rotatable bonds is 5. The lowest BCUT2D eigenvalue weighted by atomic mass is 10.1. The Morgan fingerprint density at radius 2 is 1.88 bits per heavy atom. The van der Waals surface area contributed by atoms with Crippen LogP contribution in [0.25, 0.3) is 0 Å². The normalized spacial score (nSPS) is 14.2. The van der Waals surface area contributed by atoms with Gasteiger partial charge in [-0.25, -0.2) is 0 Å². The Morgan fingerprint density at radius 3 is 2.52 bits per heavy atom. The van der Waals surface area contributed by atoms with Crippen LogP contribution in [0.3, 0.4) is 0 Å². The molecule has 0 aromatic heterocycles. The minimum atomic E-state index is -0.177. The third-order valence-corrected chi connectivity index (χ3v) is 4.88. The fourth-order valence-electron chi connectivity index (χ4n) is 2.76. The lowest BCUT2D eigenvalue weighted by molar-refractivity contribution is 0.102. The second kappa shape index (κ2) is 8.27. The highest BCUT2D eigenvalue weighted by molar-refractivity contribution is 7.98. The lowest BCUT2D eigenvalue weighted by Crippen LogP contribution is -2.36. The Labute approximate surface area is 152 Å². The number of carbonyl (C=O) groups excluding carboxylic acids is 1. The number of ether oxygens (including phenoxy) is 2. The van der Waals surface area contributed by atoms with E-state index in [1.165, 1.54) is 0 Å². The van der Waals surface area contributed by atoms with Crippen LogP contribution in [-0.4, -0.2) is 45.6 Å². The average Bonchev–Trinajstić information content (AvgIpc) is 2.68. The van der Waals surface area contributed by atoms with Crippen LogP contribution in [-0.2, 0) is 4.74 Å². The third kappa shape index (κ3) is 4.27. The van der Waals surface area contributed by atoms with Gasteiger partial charge >= 0.3 is 0 Å². The minimum absolute atomic E-state index is 0.177. The Hall–Kier alpha value is -2.18. The zero-order valence-corrected chi connectivity index (χ0v) is 15.3. The Balaban J connectivity index is 1.70. The number of amides is 1. The molecule has 1 amide bonds. The maximum Gasteiger partial charge on any atom is 0.259 e. The van der Waals surface area contributed by atoms with E-state index in [-0.39, 0.29) is 5.91 Å². The van der Waals surface area contributed by atoms with Gasteiger partial charge in [0.1, 0.15) is 5.75 Å². The van der Waals surface area contributed by atoms with Gasteiger partial charge in [0.05, 0.1) is 25.9 Å². The number of hydrogen-bond acceptors (Lipinski definition) is 5. The lowest BCUT2D eigenvalue weighted by Gasteiger charge is -2.28. The maximum atomic E-state index is 12.6. The fourth-order valence-corrected chi connectivity index (χ4v) is 3.19. The van der Waals surface area contributed by atoms with Gasteiger partial charge in [-0.05, 0) is 48.7 Å². The molecule has 6 heteroatoms. The molecule has 3 rings (SSSR count). The molecule has 0 bridgehead atoms. The van der Waals surface area contributed by atoms with Crippen molar-refractivity contribution < 1.29 is 14.3 Å². The van der Waals surface area contributed by atoms with Gasteiger partial charge in [0.2, 0.25) is 0 Å². The van der Waals surface area contributed by atoms with E-state index in [0.29, 0.717) is 11.3 Å². The molecule has 2 aromatic carbocycles. The number of morpholine rings is 1. The Bertz CT molecular complexity index is 728. The first kappa shape index (κ1) is 17.6. The van der Waals surface area contributed by atoms with Crippen LogP contribution >= 0.6 is 11.8 Å². The third-order valence-electron chi connectivity index (χ3n) is 4.15. The SMILES string of the molecule is COc1cc(SC)ccc1C(=O)Nc1ccc(N2CCOCC2)cc1. The molecular formula is C19H22N2O3S. The molecule has 25 heavy (non-hydrogen) atoms. The summed E-state index contributed by atoms with van der Waals surface area (Å²) in [5.41, 5.74) is 2.43. The smallest absolute Gasteiger partial charge is 0.259 e. The van der Waals surface area contributed by atoms with E-state index in [1.54, 1.807) is 24.9 Å². The summed E-state index contributed by atoms with van der Waals surface area (Å²) in [6, 6.07) is 13.5. The van der Waals surface area contributed by atoms with Gasteiger partial charge < -0.3 is 19.7 Å². The van der Waals surface area contributed by atoms with Crippen LogP contribution in [0.5, 0.6) is 5.75 Å². The zero-order chi connectivity index (χ0) is 17.6. The van der Waals surface area contributed by atoms with Gasteiger partial charge in [0, 0.05) is 29.4 Å². The molecule has 1 N–H and O–H groups in total. The van der Waals surface area contributed by atoms with Crippen molar-refractivity contribution in [1.29, 1.82) is 0 Å². The van der Waals surface area contributed by atoms with Gasteiger partial charge in [0.15, 0.2) is 0 Å². The van der Waals surface area contributed by atoms with Crippen LogP contribution in [0.4, 0.5) is 11.4 Å². The van der Waals surface area contributed by atoms with Crippen molar-refractivity contribution in [2.75, 3.05) is 49.9 Å². The van der Waals surface area contributed by atoms with Crippen LogP contribution in [0.1, 0.15) is 10.4 Å². The van der Waals surface area contributed by atoms with E-state index in [4.69, 9.17) is 9.47 Å². The maximum absolute atomic E-state index is 12.6. The molecule has 0 spiro atoms. The van der Waals surface area contributed by atoms with Crippen molar-refractivity contribution in [3.63, 3.8) is 0 Å². The molecule has 2 aromatic rings. The molecule has 0 atom stereocenters. The van der Waals surface area contributed by atoms with Crippen molar-refractivity contribution in [2.24, 2.45) is 0 Å². The van der Waals surface area contributed by atoms with Gasteiger partial charge in [-0.2, -0.15) is 0 Å². The number of methoxy groups -OCH3 is 1. The van der Waals surface area contributed by atoms with Gasteiger partial charge in [-0.3, -0.25) is 4.79 Å². The summed E-state index contributed by atoms with van der Waals surface area (Å²) in [5, 5.41) is 2.93. The van der Waals surface area contributed by atoms with Crippen LogP contribution in [0, 0.1) is 0 Å². The summed E-state index contributed by atoms with van der Waals surface area (Å²) < 4.78 is 10.7. The highest BCUT2D eigenvalue weighted by Gasteiger charge is 2.14. The van der Waals surface area contributed by atoms with Gasteiger partial charge in [-0.15, -0.1) is 11.8 Å². The highest BCUT2D eigenvalue weighted by Crippen LogP contribution is 2.26. The number of benzene rings is 2. The first-order chi connectivity index (χ1) is 12.2. The number of nitrogens with zero attached hydrogens (tertiary/aromatic N) is 1. The molecule has 1 fully saturated rings. The van der Waals surface area contributed by atoms with Gasteiger partial charge in [0.25, 0.3) is 5.91 Å². The molecule has 1 aliphatic rings. The van der Waals surface area contributed by atoms with E-state index in [1.807, 2.05) is 42.7 Å². The standard InChI is InChI=1S/C19H22N2O3S/c1-23-18-13-16(25-2)7-8-17(18)19(22)20-14-3-5-15(6-4-14)21-9-11-24-12-10-21/h3-8,13H,9-12H2,1-2H3,(H,20,22). The quantitative estimate of drug-likeness (QED) is 0.829.